The number of nitrogens with zero attached hydrogens (tertiary/aromatic N) is 3. The van der Waals surface area contributed by atoms with E-state index < -0.39 is 11.3 Å². The minimum Gasteiger partial charge on any atom is -0.326 e. The molecule has 0 bridgehead atoms. The second-order valence-electron chi connectivity index (χ2n) is 6.92. The molecular weight excluding hydrogens is 398 g/mol. The molecule has 1 heterocycles. The van der Waals surface area contributed by atoms with Gasteiger partial charge < -0.3 is 5.32 Å². The molecule has 2 N–H and O–H groups in total. The topological polar surface area (TPSA) is 88.4 Å². The third-order valence-corrected chi connectivity index (χ3v) is 4.12. The lowest BCUT2D eigenvalue weighted by atomic mass is 9.95. The summed E-state index contributed by atoms with van der Waals surface area (Å²) in [6.07, 6.45) is 1.69. The fourth-order valence-corrected chi connectivity index (χ4v) is 2.56. The van der Waals surface area contributed by atoms with Crippen LogP contribution < -0.4 is 10.7 Å². The van der Waals surface area contributed by atoms with E-state index in [2.05, 4.69) is 36.9 Å². The van der Waals surface area contributed by atoms with Gasteiger partial charge in [-0.3, -0.25) is 14.3 Å². The molecule has 7 nitrogen and oxygen atoms in total. The highest BCUT2D eigenvalue weighted by Crippen LogP contribution is 2.18. The molecule has 0 saturated carbocycles. The number of rotatable bonds is 4. The minimum absolute atomic E-state index is 0.0717. The minimum atomic E-state index is -0.483. The van der Waals surface area contributed by atoms with Gasteiger partial charge in [-0.15, -0.1) is 0 Å². The first-order valence-electron chi connectivity index (χ1n) is 8.03. The number of benzene rings is 1. The second-order valence-corrected chi connectivity index (χ2v) is 7.78. The molecule has 0 radical (unpaired) electrons. The van der Waals surface area contributed by atoms with Crippen molar-refractivity contribution in [3.05, 3.63) is 46.2 Å². The van der Waals surface area contributed by atoms with E-state index in [0.29, 0.717) is 15.9 Å². The Bertz CT molecular complexity index is 865. The summed E-state index contributed by atoms with van der Waals surface area (Å²) in [5.41, 5.74) is 4.34. The SMILES string of the molecule is C/C(=N\NC(=O)c1nn(C)cc1Br)c1cccc(NC(=O)C(C)(C)C)c1. The van der Waals surface area contributed by atoms with E-state index in [0.717, 1.165) is 5.56 Å². The van der Waals surface area contributed by atoms with Crippen molar-refractivity contribution in [2.24, 2.45) is 17.6 Å². The van der Waals surface area contributed by atoms with Crippen molar-refractivity contribution >= 4 is 39.1 Å². The lowest BCUT2D eigenvalue weighted by Crippen LogP contribution is -2.27. The van der Waals surface area contributed by atoms with Crippen LogP contribution in [-0.4, -0.2) is 27.3 Å². The van der Waals surface area contributed by atoms with Crippen LogP contribution in [0.25, 0.3) is 0 Å². The van der Waals surface area contributed by atoms with E-state index in [1.807, 2.05) is 45.0 Å². The fraction of sp³-hybridized carbons (Fsp3) is 0.333. The number of hydrogen-bond acceptors (Lipinski definition) is 4. The number of carbonyl (C=O) groups is 2. The maximum Gasteiger partial charge on any atom is 0.293 e. The van der Waals surface area contributed by atoms with Crippen LogP contribution >= 0.6 is 15.9 Å². The number of aromatic nitrogens is 2. The molecule has 0 aliphatic carbocycles. The molecule has 0 unspecified atom stereocenters. The summed E-state index contributed by atoms with van der Waals surface area (Å²) in [5, 5.41) is 11.1. The summed E-state index contributed by atoms with van der Waals surface area (Å²) < 4.78 is 2.13. The van der Waals surface area contributed by atoms with E-state index in [9.17, 15) is 9.59 Å². The van der Waals surface area contributed by atoms with Crippen LogP contribution in [0.2, 0.25) is 0 Å². The van der Waals surface area contributed by atoms with E-state index in [4.69, 9.17) is 0 Å². The maximum atomic E-state index is 12.2. The van der Waals surface area contributed by atoms with Crippen molar-refractivity contribution < 1.29 is 9.59 Å². The van der Waals surface area contributed by atoms with Crippen molar-refractivity contribution in [1.82, 2.24) is 15.2 Å². The van der Waals surface area contributed by atoms with Gasteiger partial charge in [-0.25, -0.2) is 5.43 Å². The number of halogens is 1. The van der Waals surface area contributed by atoms with E-state index >= 15 is 0 Å². The molecule has 26 heavy (non-hydrogen) atoms. The molecule has 0 fully saturated rings. The first kappa shape index (κ1) is 19.8. The van der Waals surface area contributed by atoms with Crippen LogP contribution in [0, 0.1) is 5.41 Å². The lowest BCUT2D eigenvalue weighted by molar-refractivity contribution is -0.123. The molecule has 0 atom stereocenters. The number of carbonyl (C=O) groups excluding carboxylic acids is 2. The Labute approximate surface area is 161 Å². The first-order chi connectivity index (χ1) is 12.1. The molecule has 138 valence electrons. The highest BCUT2D eigenvalue weighted by Gasteiger charge is 2.21. The molecule has 2 amide bonds. The number of nitrogens with one attached hydrogen (secondary N) is 2. The largest absolute Gasteiger partial charge is 0.326 e. The fourth-order valence-electron chi connectivity index (χ4n) is 2.01. The van der Waals surface area contributed by atoms with Gasteiger partial charge in [0.05, 0.1) is 10.2 Å². The van der Waals surface area contributed by atoms with Gasteiger partial charge in [-0.05, 0) is 40.5 Å². The molecular formula is C18H22BrN5O2. The quantitative estimate of drug-likeness (QED) is 0.588. The van der Waals surface area contributed by atoms with Crippen molar-refractivity contribution in [3.63, 3.8) is 0 Å². The normalized spacial score (nSPS) is 12.0. The summed E-state index contributed by atoms with van der Waals surface area (Å²) in [5.74, 6) is -0.480. The van der Waals surface area contributed by atoms with Gasteiger partial charge in [0, 0.05) is 24.3 Å². The smallest absolute Gasteiger partial charge is 0.293 e. The van der Waals surface area contributed by atoms with Gasteiger partial charge in [0.1, 0.15) is 0 Å². The van der Waals surface area contributed by atoms with Crippen molar-refractivity contribution in [1.29, 1.82) is 0 Å². The number of hydrogen-bond donors (Lipinski definition) is 2. The standard InChI is InChI=1S/C18H22BrN5O2/c1-11(21-22-16(25)15-14(19)10-24(5)23-15)12-7-6-8-13(9-12)20-17(26)18(2,3)4/h6-10H,1-5H3,(H,20,26)(H,22,25)/b21-11+. The molecule has 1 aromatic carbocycles. The van der Waals surface area contributed by atoms with Crippen LogP contribution in [-0.2, 0) is 11.8 Å². The Hall–Kier alpha value is -2.48. The van der Waals surface area contributed by atoms with E-state index in [1.165, 1.54) is 4.68 Å². The number of anilines is 1. The Kier molecular flexibility index (Phi) is 5.97. The maximum absolute atomic E-state index is 12.2. The predicted octanol–water partition coefficient (Wildman–Crippen LogP) is 3.32. The molecule has 0 aliphatic rings. The van der Waals surface area contributed by atoms with Gasteiger partial charge in [0.15, 0.2) is 5.69 Å². The Morgan fingerprint density at radius 1 is 1.27 bits per heavy atom. The van der Waals surface area contributed by atoms with Crippen molar-refractivity contribution in [2.45, 2.75) is 27.7 Å². The molecule has 0 saturated heterocycles. The highest BCUT2D eigenvalue weighted by atomic mass is 79.9. The summed E-state index contributed by atoms with van der Waals surface area (Å²) in [6.45, 7) is 7.33. The summed E-state index contributed by atoms with van der Waals surface area (Å²) in [4.78, 5) is 24.3. The van der Waals surface area contributed by atoms with E-state index in [-0.39, 0.29) is 11.6 Å². The Balaban J connectivity index is 2.11. The van der Waals surface area contributed by atoms with Gasteiger partial charge in [-0.2, -0.15) is 10.2 Å². The van der Waals surface area contributed by atoms with Crippen molar-refractivity contribution in [3.8, 4) is 0 Å². The lowest BCUT2D eigenvalue weighted by Gasteiger charge is -2.18. The number of aryl methyl sites for hydroxylation is 1. The van der Waals surface area contributed by atoms with Crippen LogP contribution in [0.4, 0.5) is 5.69 Å². The third kappa shape index (κ3) is 5.01. The second kappa shape index (κ2) is 7.82. The monoisotopic (exact) mass is 419 g/mol. The van der Waals surface area contributed by atoms with Crippen LogP contribution in [0.15, 0.2) is 40.0 Å². The van der Waals surface area contributed by atoms with Crippen LogP contribution in [0.3, 0.4) is 0 Å². The molecule has 2 aromatic rings. The zero-order chi connectivity index (χ0) is 19.5. The first-order valence-corrected chi connectivity index (χ1v) is 8.83. The summed E-state index contributed by atoms with van der Waals surface area (Å²) in [7, 11) is 1.73. The van der Waals surface area contributed by atoms with Gasteiger partial charge in [0.2, 0.25) is 5.91 Å². The Morgan fingerprint density at radius 3 is 2.54 bits per heavy atom. The zero-order valence-corrected chi connectivity index (χ0v) is 17.0. The average Bonchev–Trinajstić information content (AvgIpc) is 2.90. The third-order valence-electron chi connectivity index (χ3n) is 3.54. The molecule has 1 aromatic heterocycles. The molecule has 2 rings (SSSR count). The Morgan fingerprint density at radius 2 is 1.96 bits per heavy atom. The van der Waals surface area contributed by atoms with Crippen molar-refractivity contribution in [2.75, 3.05) is 5.32 Å². The average molecular weight is 420 g/mol. The summed E-state index contributed by atoms with van der Waals surface area (Å²) >= 11 is 3.29. The molecule has 0 aliphatic heterocycles. The summed E-state index contributed by atoms with van der Waals surface area (Å²) in [6, 6.07) is 7.30. The predicted molar refractivity (Wildman–Crippen MR) is 105 cm³/mol. The van der Waals surface area contributed by atoms with E-state index in [1.54, 1.807) is 20.2 Å². The number of amides is 2. The van der Waals surface area contributed by atoms with Crippen LogP contribution in [0.1, 0.15) is 43.7 Å². The van der Waals surface area contributed by atoms with Crippen LogP contribution in [0.5, 0.6) is 0 Å². The van der Waals surface area contributed by atoms with Gasteiger partial charge in [-0.1, -0.05) is 32.9 Å². The highest BCUT2D eigenvalue weighted by molar-refractivity contribution is 9.10. The van der Waals surface area contributed by atoms with Gasteiger partial charge in [0.25, 0.3) is 5.91 Å². The van der Waals surface area contributed by atoms with Gasteiger partial charge >= 0.3 is 0 Å². The molecule has 0 spiro atoms. The zero-order valence-electron chi connectivity index (χ0n) is 15.4. The number of hydrazone groups is 1. The molecule has 8 heteroatoms.